The van der Waals surface area contributed by atoms with E-state index >= 15 is 0 Å². The Hall–Kier alpha value is -2.77. The molecule has 1 amide bonds. The van der Waals surface area contributed by atoms with Crippen LogP contribution in [0.2, 0.25) is 0 Å². The normalized spacial score (nSPS) is 20.3. The summed E-state index contributed by atoms with van der Waals surface area (Å²) in [5.41, 5.74) is 0. The summed E-state index contributed by atoms with van der Waals surface area (Å²) in [6, 6.07) is 12.7. The number of rotatable bonds is 4. The topological polar surface area (TPSA) is 66.8 Å². The van der Waals surface area contributed by atoms with E-state index in [0.717, 1.165) is 15.7 Å². The summed E-state index contributed by atoms with van der Waals surface area (Å²) in [6.45, 7) is -1.59. The number of hydrogen-bond donors (Lipinski definition) is 1. The fraction of sp³-hybridized carbons (Fsp3) is 0.333. The molecule has 1 fully saturated rings. The zero-order valence-corrected chi connectivity index (χ0v) is 13.6. The largest absolute Gasteiger partial charge is 0.484 e. The molecule has 1 saturated heterocycles. The molecule has 1 aliphatic rings. The van der Waals surface area contributed by atoms with Gasteiger partial charge in [0.1, 0.15) is 5.75 Å². The van der Waals surface area contributed by atoms with E-state index in [4.69, 9.17) is 9.84 Å². The number of alkyl halides is 3. The lowest BCUT2D eigenvalue weighted by atomic mass is 9.96. The summed E-state index contributed by atoms with van der Waals surface area (Å²) in [4.78, 5) is 24.1. The SMILES string of the molecule is O=C(O)[C@@H]1CN(C(=O)COc2ccc3ccccc3c2)C[C@H]1C(F)(F)F. The van der Waals surface area contributed by atoms with Gasteiger partial charge in [0.05, 0.1) is 11.8 Å². The average Bonchev–Trinajstić information content (AvgIpc) is 3.05. The Morgan fingerprint density at radius 1 is 1.12 bits per heavy atom. The molecule has 138 valence electrons. The molecule has 0 aromatic heterocycles. The number of carboxylic acids is 1. The maximum Gasteiger partial charge on any atom is 0.394 e. The van der Waals surface area contributed by atoms with E-state index in [2.05, 4.69) is 0 Å². The molecule has 2 aromatic rings. The van der Waals surface area contributed by atoms with Crippen LogP contribution in [-0.2, 0) is 9.59 Å². The van der Waals surface area contributed by atoms with E-state index in [0.29, 0.717) is 5.75 Å². The minimum atomic E-state index is -4.67. The quantitative estimate of drug-likeness (QED) is 0.902. The van der Waals surface area contributed by atoms with Crippen LogP contribution in [0.1, 0.15) is 0 Å². The van der Waals surface area contributed by atoms with E-state index in [-0.39, 0.29) is 0 Å². The molecule has 0 saturated carbocycles. The van der Waals surface area contributed by atoms with E-state index in [9.17, 15) is 22.8 Å². The van der Waals surface area contributed by atoms with Gasteiger partial charge in [0.25, 0.3) is 5.91 Å². The third-order valence-electron chi connectivity index (χ3n) is 4.49. The van der Waals surface area contributed by atoms with Crippen molar-refractivity contribution in [3.63, 3.8) is 0 Å². The van der Waals surface area contributed by atoms with Gasteiger partial charge in [-0.3, -0.25) is 9.59 Å². The Balaban J connectivity index is 1.65. The van der Waals surface area contributed by atoms with Gasteiger partial charge in [-0.25, -0.2) is 0 Å². The lowest BCUT2D eigenvalue weighted by molar-refractivity contribution is -0.188. The number of halogens is 3. The van der Waals surface area contributed by atoms with Gasteiger partial charge in [-0.2, -0.15) is 13.2 Å². The summed E-state index contributed by atoms with van der Waals surface area (Å²) in [7, 11) is 0. The lowest BCUT2D eigenvalue weighted by Crippen LogP contribution is -2.35. The molecule has 26 heavy (non-hydrogen) atoms. The number of aliphatic carboxylic acids is 1. The van der Waals surface area contributed by atoms with Crippen LogP contribution < -0.4 is 4.74 Å². The first kappa shape index (κ1) is 18.0. The first-order valence-electron chi connectivity index (χ1n) is 7.94. The summed E-state index contributed by atoms with van der Waals surface area (Å²) in [5.74, 6) is -5.53. The van der Waals surface area contributed by atoms with Gasteiger partial charge in [0.2, 0.25) is 0 Å². The zero-order valence-electron chi connectivity index (χ0n) is 13.6. The second-order valence-corrected chi connectivity index (χ2v) is 6.19. The highest BCUT2D eigenvalue weighted by atomic mass is 19.4. The number of carbonyl (C=O) groups excluding carboxylic acids is 1. The van der Waals surface area contributed by atoms with Crippen LogP contribution in [0.5, 0.6) is 5.75 Å². The zero-order chi connectivity index (χ0) is 18.9. The molecule has 0 bridgehead atoms. The molecular formula is C18H16F3NO4. The van der Waals surface area contributed by atoms with Gasteiger partial charge in [0, 0.05) is 13.1 Å². The number of amides is 1. The molecule has 2 atom stereocenters. The Kier molecular flexibility index (Phi) is 4.76. The third-order valence-corrected chi connectivity index (χ3v) is 4.49. The predicted octanol–water partition coefficient (Wildman–Crippen LogP) is 2.94. The number of hydrogen-bond acceptors (Lipinski definition) is 3. The standard InChI is InChI=1S/C18H16F3NO4/c19-18(20,21)15-9-22(8-14(15)17(24)25)16(23)10-26-13-6-5-11-3-1-2-4-12(11)7-13/h1-7,14-15H,8-10H2,(H,24,25)/t14-,15-/m1/s1. The number of fused-ring (bicyclic) bond motifs is 1. The van der Waals surface area contributed by atoms with Crippen LogP contribution in [0.25, 0.3) is 10.8 Å². The van der Waals surface area contributed by atoms with Gasteiger partial charge in [-0.1, -0.05) is 30.3 Å². The van der Waals surface area contributed by atoms with Crippen molar-refractivity contribution in [2.75, 3.05) is 19.7 Å². The van der Waals surface area contributed by atoms with Crippen molar-refractivity contribution < 1.29 is 32.6 Å². The van der Waals surface area contributed by atoms with E-state index in [1.54, 1.807) is 12.1 Å². The summed E-state index contributed by atoms with van der Waals surface area (Å²) >= 11 is 0. The molecule has 2 aromatic carbocycles. The molecule has 8 heteroatoms. The number of benzene rings is 2. The Morgan fingerprint density at radius 3 is 2.42 bits per heavy atom. The smallest absolute Gasteiger partial charge is 0.394 e. The summed E-state index contributed by atoms with van der Waals surface area (Å²) < 4.78 is 44.3. The molecule has 3 rings (SSSR count). The van der Waals surface area contributed by atoms with Crippen LogP contribution in [0.15, 0.2) is 42.5 Å². The van der Waals surface area contributed by atoms with Gasteiger partial charge < -0.3 is 14.7 Å². The van der Waals surface area contributed by atoms with Gasteiger partial charge in [-0.15, -0.1) is 0 Å². The van der Waals surface area contributed by atoms with Crippen molar-refractivity contribution in [1.82, 2.24) is 4.90 Å². The minimum absolute atomic E-state index is 0.415. The minimum Gasteiger partial charge on any atom is -0.484 e. The monoisotopic (exact) mass is 367 g/mol. The Morgan fingerprint density at radius 2 is 1.81 bits per heavy atom. The van der Waals surface area contributed by atoms with Crippen LogP contribution in [0, 0.1) is 11.8 Å². The van der Waals surface area contributed by atoms with Crippen molar-refractivity contribution in [1.29, 1.82) is 0 Å². The van der Waals surface area contributed by atoms with Gasteiger partial charge in [0.15, 0.2) is 6.61 Å². The molecule has 5 nitrogen and oxygen atoms in total. The van der Waals surface area contributed by atoms with Crippen molar-refractivity contribution in [3.8, 4) is 5.75 Å². The predicted molar refractivity (Wildman–Crippen MR) is 86.7 cm³/mol. The number of carboxylic acid groups (broad SMARTS) is 1. The highest BCUT2D eigenvalue weighted by molar-refractivity contribution is 5.84. The van der Waals surface area contributed by atoms with Crippen molar-refractivity contribution in [2.45, 2.75) is 6.18 Å². The average molecular weight is 367 g/mol. The number of nitrogens with zero attached hydrogens (tertiary/aromatic N) is 1. The highest BCUT2D eigenvalue weighted by Crippen LogP contribution is 2.37. The van der Waals surface area contributed by atoms with Crippen molar-refractivity contribution >= 4 is 22.6 Å². The van der Waals surface area contributed by atoms with E-state index < -0.39 is 49.6 Å². The fourth-order valence-corrected chi connectivity index (χ4v) is 3.08. The molecule has 0 aliphatic carbocycles. The first-order chi connectivity index (χ1) is 12.3. The van der Waals surface area contributed by atoms with Gasteiger partial charge >= 0.3 is 12.1 Å². The Labute approximate surface area is 147 Å². The molecule has 1 aliphatic heterocycles. The lowest BCUT2D eigenvalue weighted by Gasteiger charge is -2.18. The van der Waals surface area contributed by atoms with Crippen LogP contribution in [0.4, 0.5) is 13.2 Å². The molecular weight excluding hydrogens is 351 g/mol. The first-order valence-corrected chi connectivity index (χ1v) is 7.94. The molecule has 1 N–H and O–H groups in total. The highest BCUT2D eigenvalue weighted by Gasteiger charge is 2.53. The van der Waals surface area contributed by atoms with E-state index in [1.165, 1.54) is 0 Å². The molecule has 0 radical (unpaired) electrons. The van der Waals surface area contributed by atoms with Crippen molar-refractivity contribution in [3.05, 3.63) is 42.5 Å². The summed E-state index contributed by atoms with van der Waals surface area (Å²) in [5, 5.41) is 10.9. The Bertz CT molecular complexity index is 837. The molecule has 0 unspecified atom stereocenters. The number of carbonyl (C=O) groups is 2. The van der Waals surface area contributed by atoms with Gasteiger partial charge in [-0.05, 0) is 22.9 Å². The second kappa shape index (κ2) is 6.86. The van der Waals surface area contributed by atoms with E-state index in [1.807, 2.05) is 30.3 Å². The second-order valence-electron chi connectivity index (χ2n) is 6.19. The molecule has 0 spiro atoms. The van der Waals surface area contributed by atoms with Crippen LogP contribution in [0.3, 0.4) is 0 Å². The molecule has 1 heterocycles. The van der Waals surface area contributed by atoms with Crippen molar-refractivity contribution in [2.24, 2.45) is 11.8 Å². The number of likely N-dealkylation sites (tertiary alicyclic amines) is 1. The number of ether oxygens (including phenoxy) is 1. The van der Waals surface area contributed by atoms with Crippen LogP contribution in [-0.4, -0.2) is 47.8 Å². The maximum atomic E-state index is 13.0. The summed E-state index contributed by atoms with van der Waals surface area (Å²) in [6.07, 6.45) is -4.67. The maximum absolute atomic E-state index is 13.0. The van der Waals surface area contributed by atoms with Crippen LogP contribution >= 0.6 is 0 Å². The third kappa shape index (κ3) is 3.74. The fourth-order valence-electron chi connectivity index (χ4n) is 3.08.